The van der Waals surface area contributed by atoms with Crippen LogP contribution in [0.5, 0.6) is 5.75 Å². The molecule has 0 aliphatic carbocycles. The second kappa shape index (κ2) is 5.49. The van der Waals surface area contributed by atoms with Gasteiger partial charge in [0.1, 0.15) is 12.4 Å². The minimum Gasteiger partial charge on any atom is -0.490 e. The fraction of sp³-hybridized carbons (Fsp3) is 0.333. The largest absolute Gasteiger partial charge is 0.490 e. The summed E-state index contributed by atoms with van der Waals surface area (Å²) in [6.07, 6.45) is 0. The molecule has 0 unspecified atom stereocenters. The first-order valence-electron chi connectivity index (χ1n) is 4.39. The quantitative estimate of drug-likeness (QED) is 0.806. The first-order valence-corrected chi connectivity index (χ1v) is 6.31. The Labute approximate surface area is 99.2 Å². The van der Waals surface area contributed by atoms with Gasteiger partial charge in [0.25, 0.3) is 0 Å². The SMILES string of the molecule is COCCOc1ccc(S(N)(=O)=O)cc1Cl. The molecule has 1 rings (SSSR count). The monoisotopic (exact) mass is 265 g/mol. The average Bonchev–Trinajstić information content (AvgIpc) is 2.19. The summed E-state index contributed by atoms with van der Waals surface area (Å²) in [5, 5.41) is 5.15. The Morgan fingerprint density at radius 1 is 1.38 bits per heavy atom. The topological polar surface area (TPSA) is 78.6 Å². The lowest BCUT2D eigenvalue weighted by Gasteiger charge is -2.08. The molecule has 16 heavy (non-hydrogen) atoms. The second-order valence-electron chi connectivity index (χ2n) is 2.98. The molecule has 2 N–H and O–H groups in total. The Balaban J connectivity index is 2.84. The summed E-state index contributed by atoms with van der Waals surface area (Å²) in [6.45, 7) is 0.762. The van der Waals surface area contributed by atoms with E-state index in [1.54, 1.807) is 7.11 Å². The van der Waals surface area contributed by atoms with Gasteiger partial charge in [0, 0.05) is 7.11 Å². The highest BCUT2D eigenvalue weighted by Crippen LogP contribution is 2.26. The van der Waals surface area contributed by atoms with Crippen molar-refractivity contribution in [1.82, 2.24) is 0 Å². The maximum atomic E-state index is 11.0. The standard InChI is InChI=1S/C9H12ClNO4S/c1-14-4-5-15-9-3-2-7(6-8(9)10)16(11,12)13/h2-3,6H,4-5H2,1H3,(H2,11,12,13). The van der Waals surface area contributed by atoms with E-state index in [1.807, 2.05) is 0 Å². The molecule has 0 heterocycles. The Morgan fingerprint density at radius 3 is 2.56 bits per heavy atom. The molecule has 0 saturated heterocycles. The molecule has 5 nitrogen and oxygen atoms in total. The van der Waals surface area contributed by atoms with Crippen LogP contribution >= 0.6 is 11.6 Å². The molecule has 0 radical (unpaired) electrons. The maximum Gasteiger partial charge on any atom is 0.238 e. The molecule has 0 amide bonds. The van der Waals surface area contributed by atoms with Crippen LogP contribution in [0.1, 0.15) is 0 Å². The summed E-state index contributed by atoms with van der Waals surface area (Å²) < 4.78 is 32.1. The van der Waals surface area contributed by atoms with E-state index in [2.05, 4.69) is 0 Å². The fourth-order valence-electron chi connectivity index (χ4n) is 1.01. The van der Waals surface area contributed by atoms with Crippen molar-refractivity contribution in [1.29, 1.82) is 0 Å². The summed E-state index contributed by atoms with van der Waals surface area (Å²) in [7, 11) is -2.18. The van der Waals surface area contributed by atoms with Gasteiger partial charge in [-0.1, -0.05) is 11.6 Å². The molecule has 1 aromatic carbocycles. The van der Waals surface area contributed by atoms with Gasteiger partial charge >= 0.3 is 0 Å². The molecule has 1 aromatic rings. The predicted molar refractivity (Wildman–Crippen MR) is 60.2 cm³/mol. The van der Waals surface area contributed by atoms with E-state index in [-0.39, 0.29) is 9.92 Å². The van der Waals surface area contributed by atoms with Crippen LogP contribution in [-0.4, -0.2) is 28.7 Å². The van der Waals surface area contributed by atoms with Gasteiger partial charge in [0.15, 0.2) is 0 Å². The zero-order valence-corrected chi connectivity index (χ0v) is 10.2. The van der Waals surface area contributed by atoms with E-state index in [0.29, 0.717) is 19.0 Å². The molecular formula is C9H12ClNO4S. The van der Waals surface area contributed by atoms with Gasteiger partial charge in [-0.3, -0.25) is 0 Å². The van der Waals surface area contributed by atoms with E-state index in [1.165, 1.54) is 18.2 Å². The normalized spacial score (nSPS) is 11.4. The van der Waals surface area contributed by atoms with E-state index in [0.717, 1.165) is 0 Å². The van der Waals surface area contributed by atoms with Gasteiger partial charge < -0.3 is 9.47 Å². The van der Waals surface area contributed by atoms with E-state index < -0.39 is 10.0 Å². The fourth-order valence-corrected chi connectivity index (χ4v) is 1.85. The molecule has 0 aliphatic rings. The highest BCUT2D eigenvalue weighted by molar-refractivity contribution is 7.89. The van der Waals surface area contributed by atoms with Gasteiger partial charge in [-0.25, -0.2) is 13.6 Å². The lowest BCUT2D eigenvalue weighted by atomic mass is 10.3. The minimum absolute atomic E-state index is 0.0448. The number of sulfonamides is 1. The van der Waals surface area contributed by atoms with Gasteiger partial charge in [-0.05, 0) is 18.2 Å². The molecule has 0 saturated carbocycles. The zero-order chi connectivity index (χ0) is 12.2. The lowest BCUT2D eigenvalue weighted by molar-refractivity contribution is 0.146. The van der Waals surface area contributed by atoms with Crippen LogP contribution < -0.4 is 9.88 Å². The molecule has 0 aliphatic heterocycles. The van der Waals surface area contributed by atoms with Crippen molar-refractivity contribution < 1.29 is 17.9 Å². The second-order valence-corrected chi connectivity index (χ2v) is 4.95. The summed E-state index contributed by atoms with van der Waals surface area (Å²) in [6, 6.07) is 4.04. The van der Waals surface area contributed by atoms with Crippen LogP contribution in [0.25, 0.3) is 0 Å². The third-order valence-corrected chi connectivity index (χ3v) is 2.98. The number of hydrogen-bond donors (Lipinski definition) is 1. The predicted octanol–water partition coefficient (Wildman–Crippen LogP) is 1.01. The average molecular weight is 266 g/mol. The third-order valence-electron chi connectivity index (χ3n) is 1.78. The first kappa shape index (κ1) is 13.2. The van der Waals surface area contributed by atoms with E-state index in [4.69, 9.17) is 26.2 Å². The number of primary sulfonamides is 1. The van der Waals surface area contributed by atoms with Gasteiger partial charge in [-0.15, -0.1) is 0 Å². The molecule has 0 spiro atoms. The summed E-state index contributed by atoms with van der Waals surface area (Å²) in [5.41, 5.74) is 0. The number of rotatable bonds is 5. The number of halogens is 1. The van der Waals surface area contributed by atoms with Crippen LogP contribution in [-0.2, 0) is 14.8 Å². The van der Waals surface area contributed by atoms with E-state index in [9.17, 15) is 8.42 Å². The highest BCUT2D eigenvalue weighted by Gasteiger charge is 2.10. The van der Waals surface area contributed by atoms with Crippen molar-refractivity contribution in [2.24, 2.45) is 5.14 Å². The Kier molecular flexibility index (Phi) is 4.55. The molecular weight excluding hydrogens is 254 g/mol. The zero-order valence-electron chi connectivity index (χ0n) is 8.64. The first-order chi connectivity index (χ1) is 7.45. The summed E-state index contributed by atoms with van der Waals surface area (Å²) >= 11 is 5.83. The number of benzene rings is 1. The third kappa shape index (κ3) is 3.64. The molecule has 7 heteroatoms. The Bertz CT molecular complexity index is 461. The van der Waals surface area contributed by atoms with Crippen molar-refractivity contribution >= 4 is 21.6 Å². The lowest BCUT2D eigenvalue weighted by Crippen LogP contribution is -2.12. The van der Waals surface area contributed by atoms with Crippen molar-refractivity contribution in [3.63, 3.8) is 0 Å². The van der Waals surface area contributed by atoms with Crippen LogP contribution in [0.2, 0.25) is 5.02 Å². The van der Waals surface area contributed by atoms with Gasteiger partial charge in [-0.2, -0.15) is 0 Å². The molecule has 0 aromatic heterocycles. The molecule has 0 atom stereocenters. The molecule has 0 bridgehead atoms. The smallest absolute Gasteiger partial charge is 0.238 e. The maximum absolute atomic E-state index is 11.0. The minimum atomic E-state index is -3.73. The van der Waals surface area contributed by atoms with E-state index >= 15 is 0 Å². The summed E-state index contributed by atoms with van der Waals surface area (Å²) in [5.74, 6) is 0.395. The number of ether oxygens (including phenoxy) is 2. The van der Waals surface area contributed by atoms with Crippen LogP contribution in [0.15, 0.2) is 23.1 Å². The van der Waals surface area contributed by atoms with Crippen molar-refractivity contribution in [3.05, 3.63) is 23.2 Å². The highest BCUT2D eigenvalue weighted by atomic mass is 35.5. The number of methoxy groups -OCH3 is 1. The van der Waals surface area contributed by atoms with Crippen LogP contribution in [0.3, 0.4) is 0 Å². The van der Waals surface area contributed by atoms with Crippen molar-refractivity contribution in [3.8, 4) is 5.75 Å². The number of hydrogen-bond acceptors (Lipinski definition) is 4. The Morgan fingerprint density at radius 2 is 2.06 bits per heavy atom. The molecule has 0 fully saturated rings. The van der Waals surface area contributed by atoms with Crippen LogP contribution in [0, 0.1) is 0 Å². The molecule has 90 valence electrons. The number of nitrogens with two attached hydrogens (primary N) is 1. The van der Waals surface area contributed by atoms with Crippen molar-refractivity contribution in [2.75, 3.05) is 20.3 Å². The van der Waals surface area contributed by atoms with Crippen molar-refractivity contribution in [2.45, 2.75) is 4.90 Å². The van der Waals surface area contributed by atoms with Gasteiger partial charge in [0.05, 0.1) is 16.5 Å². The Hall–Kier alpha value is -0.820. The van der Waals surface area contributed by atoms with Gasteiger partial charge in [0.2, 0.25) is 10.0 Å². The van der Waals surface area contributed by atoms with Crippen LogP contribution in [0.4, 0.5) is 0 Å². The summed E-state index contributed by atoms with van der Waals surface area (Å²) in [4.78, 5) is -0.0448.